The van der Waals surface area contributed by atoms with E-state index in [4.69, 9.17) is 9.47 Å². The summed E-state index contributed by atoms with van der Waals surface area (Å²) in [5.41, 5.74) is 1.66. The van der Waals surface area contributed by atoms with Crippen LogP contribution in [-0.4, -0.2) is 29.5 Å². The monoisotopic (exact) mass is 324 g/mol. The van der Waals surface area contributed by atoms with E-state index in [1.54, 1.807) is 12.1 Å². The third kappa shape index (κ3) is 2.67. The van der Waals surface area contributed by atoms with Crippen LogP contribution in [0.25, 0.3) is 0 Å². The lowest BCUT2D eigenvalue weighted by atomic mass is 10.2. The minimum atomic E-state index is -0.554. The fourth-order valence-corrected chi connectivity index (χ4v) is 2.92. The molecule has 6 nitrogen and oxygen atoms in total. The van der Waals surface area contributed by atoms with E-state index in [1.165, 1.54) is 4.90 Å². The number of hydrogen-bond donors (Lipinski definition) is 1. The summed E-state index contributed by atoms with van der Waals surface area (Å²) in [6, 6.07) is 14.3. The molecule has 1 atom stereocenters. The van der Waals surface area contributed by atoms with Crippen molar-refractivity contribution in [2.75, 3.05) is 12.1 Å². The first-order valence-corrected chi connectivity index (χ1v) is 7.75. The maximum atomic E-state index is 12.5. The first kappa shape index (κ1) is 14.6. The van der Waals surface area contributed by atoms with Crippen molar-refractivity contribution in [2.45, 2.75) is 19.0 Å². The minimum absolute atomic E-state index is 0.153. The van der Waals surface area contributed by atoms with Gasteiger partial charge in [-0.25, -0.2) is 0 Å². The minimum Gasteiger partial charge on any atom is -0.454 e. The van der Waals surface area contributed by atoms with E-state index in [0.717, 1.165) is 11.3 Å². The second-order valence-electron chi connectivity index (χ2n) is 5.77. The molecular weight excluding hydrogens is 308 g/mol. The summed E-state index contributed by atoms with van der Waals surface area (Å²) in [4.78, 5) is 26.0. The lowest BCUT2D eigenvalue weighted by Crippen LogP contribution is -2.34. The van der Waals surface area contributed by atoms with Crippen molar-refractivity contribution in [3.05, 3.63) is 54.1 Å². The summed E-state index contributed by atoms with van der Waals surface area (Å²) in [5.74, 6) is 0.946. The lowest BCUT2D eigenvalue weighted by molar-refractivity contribution is -0.139. The van der Waals surface area contributed by atoms with Crippen LogP contribution >= 0.6 is 0 Å². The highest BCUT2D eigenvalue weighted by Gasteiger charge is 2.38. The second kappa shape index (κ2) is 5.88. The number of ether oxygens (including phenoxy) is 2. The molecule has 0 saturated carbocycles. The van der Waals surface area contributed by atoms with Gasteiger partial charge >= 0.3 is 0 Å². The highest BCUT2D eigenvalue weighted by Crippen LogP contribution is 2.34. The molecule has 0 aromatic heterocycles. The number of carbonyl (C=O) groups excluding carboxylic acids is 2. The number of anilines is 1. The first-order valence-electron chi connectivity index (χ1n) is 7.75. The molecule has 1 fully saturated rings. The van der Waals surface area contributed by atoms with Crippen molar-refractivity contribution in [3.8, 4) is 11.5 Å². The number of nitrogens with one attached hydrogen (secondary N) is 1. The summed E-state index contributed by atoms with van der Waals surface area (Å²) in [6.45, 7) is 0.502. The van der Waals surface area contributed by atoms with Crippen molar-refractivity contribution in [1.82, 2.24) is 4.90 Å². The van der Waals surface area contributed by atoms with Gasteiger partial charge in [0.2, 0.25) is 12.7 Å². The molecule has 2 aliphatic heterocycles. The fraction of sp³-hybridized carbons (Fsp3) is 0.222. The van der Waals surface area contributed by atoms with Gasteiger partial charge in [0.15, 0.2) is 11.5 Å². The normalized spacial score (nSPS) is 19.0. The number of hydrogen-bond acceptors (Lipinski definition) is 5. The predicted octanol–water partition coefficient (Wildman–Crippen LogP) is 2.15. The predicted molar refractivity (Wildman–Crippen MR) is 86.6 cm³/mol. The van der Waals surface area contributed by atoms with Crippen molar-refractivity contribution < 1.29 is 19.1 Å². The molecule has 4 rings (SSSR count). The van der Waals surface area contributed by atoms with Crippen LogP contribution in [0.5, 0.6) is 11.5 Å². The van der Waals surface area contributed by atoms with E-state index in [0.29, 0.717) is 18.0 Å². The molecule has 2 aromatic carbocycles. The Morgan fingerprint density at radius 1 is 1.04 bits per heavy atom. The molecule has 2 amide bonds. The van der Waals surface area contributed by atoms with E-state index in [1.807, 2.05) is 36.4 Å². The van der Waals surface area contributed by atoms with Crippen LogP contribution in [0.4, 0.5) is 5.69 Å². The molecule has 2 heterocycles. The number of nitrogens with zero attached hydrogens (tertiary/aromatic N) is 1. The molecule has 0 aliphatic carbocycles. The largest absolute Gasteiger partial charge is 0.454 e. The topological polar surface area (TPSA) is 67.9 Å². The lowest BCUT2D eigenvalue weighted by Gasteiger charge is -2.16. The van der Waals surface area contributed by atoms with Gasteiger partial charge in [-0.1, -0.05) is 30.3 Å². The summed E-state index contributed by atoms with van der Waals surface area (Å²) in [7, 11) is 0. The van der Waals surface area contributed by atoms with Gasteiger partial charge in [0, 0.05) is 11.8 Å². The van der Waals surface area contributed by atoms with Gasteiger partial charge in [-0.3, -0.25) is 14.5 Å². The highest BCUT2D eigenvalue weighted by atomic mass is 16.7. The van der Waals surface area contributed by atoms with Crippen LogP contribution in [0.1, 0.15) is 12.0 Å². The zero-order chi connectivity index (χ0) is 16.5. The highest BCUT2D eigenvalue weighted by molar-refractivity contribution is 6.06. The quantitative estimate of drug-likeness (QED) is 0.873. The summed E-state index contributed by atoms with van der Waals surface area (Å²) >= 11 is 0. The average Bonchev–Trinajstić information content (AvgIpc) is 3.16. The Kier molecular flexibility index (Phi) is 3.57. The Morgan fingerprint density at radius 2 is 1.83 bits per heavy atom. The summed E-state index contributed by atoms with van der Waals surface area (Å²) in [6.07, 6.45) is 0.153. The molecule has 6 heteroatoms. The number of rotatable bonds is 4. The van der Waals surface area contributed by atoms with Gasteiger partial charge in [0.25, 0.3) is 5.91 Å². The molecule has 2 aliphatic rings. The van der Waals surface area contributed by atoms with Crippen LogP contribution in [0.15, 0.2) is 48.5 Å². The zero-order valence-electron chi connectivity index (χ0n) is 12.9. The molecule has 122 valence electrons. The van der Waals surface area contributed by atoms with Crippen molar-refractivity contribution in [1.29, 1.82) is 0 Å². The maximum Gasteiger partial charge on any atom is 0.252 e. The van der Waals surface area contributed by atoms with Crippen LogP contribution in [-0.2, 0) is 16.1 Å². The number of carbonyl (C=O) groups is 2. The van der Waals surface area contributed by atoms with Gasteiger partial charge < -0.3 is 14.8 Å². The van der Waals surface area contributed by atoms with Crippen molar-refractivity contribution in [3.63, 3.8) is 0 Å². The number of amides is 2. The molecule has 1 N–H and O–H groups in total. The summed E-state index contributed by atoms with van der Waals surface area (Å²) < 4.78 is 10.6. The molecule has 0 spiro atoms. The average molecular weight is 324 g/mol. The Morgan fingerprint density at radius 3 is 2.67 bits per heavy atom. The standard InChI is InChI=1S/C18H16N2O4/c21-17-9-14(18(22)20(17)10-12-4-2-1-3-5-12)19-13-6-7-15-16(8-13)24-11-23-15/h1-8,14,19H,9-11H2. The number of fused-ring (bicyclic) bond motifs is 1. The molecular formula is C18H16N2O4. The third-order valence-electron chi connectivity index (χ3n) is 4.14. The second-order valence-corrected chi connectivity index (χ2v) is 5.77. The molecule has 2 aromatic rings. The Hall–Kier alpha value is -3.02. The van der Waals surface area contributed by atoms with E-state index in [-0.39, 0.29) is 25.0 Å². The van der Waals surface area contributed by atoms with Gasteiger partial charge in [-0.2, -0.15) is 0 Å². The van der Waals surface area contributed by atoms with Crippen molar-refractivity contribution in [2.24, 2.45) is 0 Å². The first-order chi connectivity index (χ1) is 11.7. The van der Waals surface area contributed by atoms with Crippen LogP contribution in [0.2, 0.25) is 0 Å². The van der Waals surface area contributed by atoms with E-state index in [9.17, 15) is 9.59 Å². The van der Waals surface area contributed by atoms with E-state index < -0.39 is 6.04 Å². The van der Waals surface area contributed by atoms with Crippen molar-refractivity contribution >= 4 is 17.5 Å². The van der Waals surface area contributed by atoms with Crippen LogP contribution in [0.3, 0.4) is 0 Å². The van der Waals surface area contributed by atoms with Crippen LogP contribution < -0.4 is 14.8 Å². The molecule has 1 unspecified atom stereocenters. The Bertz CT molecular complexity index is 791. The maximum absolute atomic E-state index is 12.5. The third-order valence-corrected chi connectivity index (χ3v) is 4.14. The van der Waals surface area contributed by atoms with E-state index in [2.05, 4.69) is 5.32 Å². The number of imide groups is 1. The number of benzene rings is 2. The van der Waals surface area contributed by atoms with Gasteiger partial charge in [0.05, 0.1) is 13.0 Å². The van der Waals surface area contributed by atoms with E-state index >= 15 is 0 Å². The molecule has 24 heavy (non-hydrogen) atoms. The Balaban J connectivity index is 1.47. The fourth-order valence-electron chi connectivity index (χ4n) is 2.92. The molecule has 0 radical (unpaired) electrons. The van der Waals surface area contributed by atoms with Gasteiger partial charge in [-0.05, 0) is 17.7 Å². The van der Waals surface area contributed by atoms with Gasteiger partial charge in [-0.15, -0.1) is 0 Å². The van der Waals surface area contributed by atoms with Gasteiger partial charge in [0.1, 0.15) is 6.04 Å². The molecule has 0 bridgehead atoms. The smallest absolute Gasteiger partial charge is 0.252 e. The number of likely N-dealkylation sites (tertiary alicyclic amines) is 1. The SMILES string of the molecule is O=C1CC(Nc2ccc3c(c2)OCO3)C(=O)N1Cc1ccccc1. The zero-order valence-corrected chi connectivity index (χ0v) is 12.9. The summed E-state index contributed by atoms with van der Waals surface area (Å²) in [5, 5.41) is 3.12. The Labute approximate surface area is 139 Å². The molecule has 1 saturated heterocycles. The van der Waals surface area contributed by atoms with Crippen LogP contribution in [0, 0.1) is 0 Å².